The minimum absolute atomic E-state index is 0.141. The van der Waals surface area contributed by atoms with Crippen molar-refractivity contribution < 1.29 is 0 Å². The molecule has 0 atom stereocenters. The van der Waals surface area contributed by atoms with Crippen molar-refractivity contribution >= 4 is 45.5 Å². The van der Waals surface area contributed by atoms with E-state index in [-0.39, 0.29) is 21.7 Å². The highest BCUT2D eigenvalue weighted by Crippen LogP contribution is 2.52. The van der Waals surface area contributed by atoms with Crippen molar-refractivity contribution in [3.05, 3.63) is 95.1 Å². The van der Waals surface area contributed by atoms with Crippen LogP contribution in [0.5, 0.6) is 0 Å². The lowest BCUT2D eigenvalue weighted by Gasteiger charge is -2.42. The maximum Gasteiger partial charge on any atom is 0.0655 e. The summed E-state index contributed by atoms with van der Waals surface area (Å²) >= 11 is 0. The van der Waals surface area contributed by atoms with Crippen molar-refractivity contribution in [1.29, 1.82) is 0 Å². The number of unbranched alkanes of at least 4 members (excludes halogenated alkanes) is 12. The molecule has 0 saturated carbocycles. The molecule has 4 nitrogen and oxygen atoms in total. The molecule has 2 aliphatic heterocycles. The fourth-order valence-corrected chi connectivity index (χ4v) is 10.0. The molecule has 0 bridgehead atoms. The van der Waals surface area contributed by atoms with Crippen LogP contribution in [0.2, 0.25) is 0 Å². The molecule has 0 fully saturated rings. The van der Waals surface area contributed by atoms with Gasteiger partial charge >= 0.3 is 0 Å². The van der Waals surface area contributed by atoms with Crippen LogP contribution in [0, 0.1) is 0 Å². The normalized spacial score (nSPS) is 13.8. The molecule has 4 heteroatoms. The fraction of sp³-hybridized carbons (Fsp3) is 0.625. The van der Waals surface area contributed by atoms with E-state index in [9.17, 15) is 0 Å². The van der Waals surface area contributed by atoms with Crippen molar-refractivity contribution in [2.75, 3.05) is 45.8 Å². The summed E-state index contributed by atoms with van der Waals surface area (Å²) in [6.45, 7) is 41.5. The molecule has 4 aromatic rings. The summed E-state index contributed by atoms with van der Waals surface area (Å²) < 4.78 is 0. The lowest BCUT2D eigenvalue weighted by atomic mass is 9.85. The van der Waals surface area contributed by atoms with Crippen LogP contribution in [-0.2, 0) is 21.7 Å². The van der Waals surface area contributed by atoms with E-state index in [2.05, 4.69) is 203 Å². The quantitative estimate of drug-likeness (QED) is 0.0819. The van der Waals surface area contributed by atoms with Crippen LogP contribution < -0.4 is 19.6 Å². The first-order valence-corrected chi connectivity index (χ1v) is 27.8. The fourth-order valence-electron chi connectivity index (χ4n) is 10.0. The molecule has 0 unspecified atom stereocenters. The molecule has 0 amide bonds. The zero-order chi connectivity index (χ0) is 49.9. The Morgan fingerprint density at radius 3 is 0.632 bits per heavy atom. The molecule has 376 valence electrons. The van der Waals surface area contributed by atoms with Gasteiger partial charge in [0, 0.05) is 26.2 Å². The summed E-state index contributed by atoms with van der Waals surface area (Å²) in [5.41, 5.74) is 17.4. The standard InChI is InChI=1S/2C32H50N2/c1-9-11-13-15-21-33-27-19-17-26(32(6,7)8)24-30(27)34(22-16-14-12-10-2)28-20-18-25(23-29(28)33)31(3,4)5;1-9-11-13-15-21-33-27-19-17-25(31(3,4)5)23-29(27)34(22-16-14-12-10-2)30-24-26(32(6,7)8)18-20-28(30)33/h2*17-20,23-24H,9-16,21-22H2,1-8H3. The van der Waals surface area contributed by atoms with Gasteiger partial charge in [-0.2, -0.15) is 0 Å². The van der Waals surface area contributed by atoms with E-state index in [1.54, 1.807) is 0 Å². The molecule has 2 heterocycles. The molecule has 0 N–H and O–H groups in total. The molecule has 2 aliphatic rings. The second-order valence-corrected chi connectivity index (χ2v) is 24.7. The van der Waals surface area contributed by atoms with Gasteiger partial charge in [-0.1, -0.05) is 212 Å². The average Bonchev–Trinajstić information content (AvgIpc) is 3.28. The van der Waals surface area contributed by atoms with Gasteiger partial charge < -0.3 is 19.6 Å². The number of rotatable bonds is 20. The Balaban J connectivity index is 0.000000254. The van der Waals surface area contributed by atoms with Gasteiger partial charge in [0.2, 0.25) is 0 Å². The highest BCUT2D eigenvalue weighted by atomic mass is 15.3. The van der Waals surface area contributed by atoms with Crippen molar-refractivity contribution in [2.24, 2.45) is 0 Å². The predicted molar refractivity (Wildman–Crippen MR) is 305 cm³/mol. The molecule has 0 aliphatic carbocycles. The van der Waals surface area contributed by atoms with Gasteiger partial charge in [-0.15, -0.1) is 0 Å². The van der Waals surface area contributed by atoms with Crippen LogP contribution >= 0.6 is 0 Å². The van der Waals surface area contributed by atoms with Crippen molar-refractivity contribution in [3.63, 3.8) is 0 Å². The Morgan fingerprint density at radius 1 is 0.250 bits per heavy atom. The lowest BCUT2D eigenvalue weighted by Crippen LogP contribution is -2.32. The summed E-state index contributed by atoms with van der Waals surface area (Å²) in [6, 6.07) is 29.0. The van der Waals surface area contributed by atoms with Gasteiger partial charge in [0.05, 0.1) is 45.5 Å². The Labute approximate surface area is 419 Å². The molecule has 0 saturated heterocycles. The number of anilines is 8. The van der Waals surface area contributed by atoms with Crippen LogP contribution in [0.3, 0.4) is 0 Å². The summed E-state index contributed by atoms with van der Waals surface area (Å²) in [7, 11) is 0. The van der Waals surface area contributed by atoms with Crippen molar-refractivity contribution in [3.8, 4) is 0 Å². The van der Waals surface area contributed by atoms with Gasteiger partial charge in [-0.05, 0) is 118 Å². The number of benzene rings is 4. The smallest absolute Gasteiger partial charge is 0.0655 e. The topological polar surface area (TPSA) is 13.0 Å². The van der Waals surface area contributed by atoms with Gasteiger partial charge in [0.1, 0.15) is 0 Å². The summed E-state index contributed by atoms with van der Waals surface area (Å²) in [4.78, 5) is 10.5. The van der Waals surface area contributed by atoms with E-state index in [4.69, 9.17) is 0 Å². The van der Waals surface area contributed by atoms with Crippen molar-refractivity contribution in [1.82, 2.24) is 0 Å². The maximum absolute atomic E-state index is 2.65. The highest BCUT2D eigenvalue weighted by molar-refractivity contribution is 5.95. The Kier molecular flexibility index (Phi) is 19.6. The monoisotopic (exact) mass is 925 g/mol. The second kappa shape index (κ2) is 24.3. The maximum atomic E-state index is 2.65. The van der Waals surface area contributed by atoms with Crippen LogP contribution in [0.25, 0.3) is 0 Å². The lowest BCUT2D eigenvalue weighted by molar-refractivity contribution is 0.588. The van der Waals surface area contributed by atoms with Crippen molar-refractivity contribution in [2.45, 2.75) is 235 Å². The van der Waals surface area contributed by atoms with Gasteiger partial charge in [0.15, 0.2) is 0 Å². The Hall–Kier alpha value is -3.92. The Bertz CT molecular complexity index is 2030. The van der Waals surface area contributed by atoms with E-state index in [1.807, 2.05) is 0 Å². The molecular formula is C64H100N4. The minimum atomic E-state index is 0.141. The largest absolute Gasteiger partial charge is 0.338 e. The number of hydrogen-bond donors (Lipinski definition) is 0. The third-order valence-electron chi connectivity index (χ3n) is 14.6. The number of hydrogen-bond acceptors (Lipinski definition) is 4. The van der Waals surface area contributed by atoms with Crippen LogP contribution in [-0.4, -0.2) is 26.2 Å². The third kappa shape index (κ3) is 14.1. The Morgan fingerprint density at radius 2 is 0.441 bits per heavy atom. The zero-order valence-corrected chi connectivity index (χ0v) is 46.9. The summed E-state index contributed by atoms with van der Waals surface area (Å²) in [6.07, 6.45) is 20.6. The molecule has 6 rings (SSSR count). The summed E-state index contributed by atoms with van der Waals surface area (Å²) in [5, 5.41) is 0. The average molecular weight is 926 g/mol. The van der Waals surface area contributed by atoms with Gasteiger partial charge in [-0.3, -0.25) is 0 Å². The minimum Gasteiger partial charge on any atom is -0.338 e. The molecule has 4 aromatic carbocycles. The number of fused-ring (bicyclic) bond motifs is 4. The first-order valence-electron chi connectivity index (χ1n) is 27.8. The number of nitrogens with zero attached hydrogens (tertiary/aromatic N) is 4. The molecule has 68 heavy (non-hydrogen) atoms. The van der Waals surface area contributed by atoms with E-state index >= 15 is 0 Å². The summed E-state index contributed by atoms with van der Waals surface area (Å²) in [5.74, 6) is 0. The molecular weight excluding hydrogens is 825 g/mol. The molecule has 0 aromatic heterocycles. The SMILES string of the molecule is CCCCCCN1c2ccc(C(C)(C)C)cc2N(CCCCCC)c2cc(C(C)(C)C)ccc21.CCCCCCN1c2ccc(C(C)(C)C)cc2N(CCCCCC)c2ccc(C(C)(C)C)cc21. The van der Waals surface area contributed by atoms with E-state index < -0.39 is 0 Å². The predicted octanol–water partition coefficient (Wildman–Crippen LogP) is 20.1. The zero-order valence-electron chi connectivity index (χ0n) is 46.9. The van der Waals surface area contributed by atoms with Crippen LogP contribution in [0.4, 0.5) is 45.5 Å². The van der Waals surface area contributed by atoms with E-state index in [1.165, 1.54) is 170 Å². The first-order chi connectivity index (χ1) is 32.1. The molecule has 0 spiro atoms. The van der Waals surface area contributed by atoms with Gasteiger partial charge in [-0.25, -0.2) is 0 Å². The third-order valence-corrected chi connectivity index (χ3v) is 14.6. The second-order valence-electron chi connectivity index (χ2n) is 24.7. The molecule has 0 radical (unpaired) electrons. The van der Waals surface area contributed by atoms with Crippen LogP contribution in [0.15, 0.2) is 72.8 Å². The first kappa shape index (κ1) is 55.0. The highest BCUT2D eigenvalue weighted by Gasteiger charge is 2.33. The van der Waals surface area contributed by atoms with E-state index in [0.717, 1.165) is 26.2 Å². The van der Waals surface area contributed by atoms with Crippen LogP contribution in [0.1, 0.15) is 236 Å². The van der Waals surface area contributed by atoms with Gasteiger partial charge in [0.25, 0.3) is 0 Å². The van der Waals surface area contributed by atoms with E-state index in [0.29, 0.717) is 0 Å².